The number of aromatic nitrogens is 1. The van der Waals surface area contributed by atoms with Gasteiger partial charge in [0.25, 0.3) is 0 Å². The molecule has 6 rings (SSSR count). The molecule has 2 aliphatic heterocycles. The lowest BCUT2D eigenvalue weighted by Gasteiger charge is -2.50. The lowest BCUT2D eigenvalue weighted by molar-refractivity contribution is 0.0419. The summed E-state index contributed by atoms with van der Waals surface area (Å²) in [6, 6.07) is 22.8. The van der Waals surface area contributed by atoms with Gasteiger partial charge in [0.05, 0.1) is 34.0 Å². The van der Waals surface area contributed by atoms with Gasteiger partial charge in [-0.15, -0.1) is 0 Å². The Morgan fingerprint density at radius 1 is 0.875 bits per heavy atom. The molecule has 7 nitrogen and oxygen atoms in total. The molecule has 40 heavy (non-hydrogen) atoms. The van der Waals surface area contributed by atoms with E-state index in [1.165, 1.54) is 22.1 Å². The van der Waals surface area contributed by atoms with Crippen molar-refractivity contribution in [3.05, 3.63) is 89.1 Å². The Morgan fingerprint density at radius 3 is 2.30 bits per heavy atom. The predicted molar refractivity (Wildman–Crippen MR) is 157 cm³/mol. The largest absolute Gasteiger partial charge is 0.497 e. The Morgan fingerprint density at radius 2 is 1.60 bits per heavy atom. The van der Waals surface area contributed by atoms with E-state index >= 15 is 0 Å². The van der Waals surface area contributed by atoms with Crippen molar-refractivity contribution >= 4 is 10.9 Å². The number of H-pyrrole nitrogens is 1. The van der Waals surface area contributed by atoms with Gasteiger partial charge in [-0.1, -0.05) is 30.3 Å². The predicted octanol–water partition coefficient (Wildman–Crippen LogP) is 5.28. The van der Waals surface area contributed by atoms with Crippen molar-refractivity contribution in [2.75, 3.05) is 47.6 Å². The number of aliphatic hydroxyl groups excluding tert-OH is 1. The number of likely N-dealkylation sites (tertiary alicyclic amines) is 1. The highest BCUT2D eigenvalue weighted by atomic mass is 16.5. The summed E-state index contributed by atoms with van der Waals surface area (Å²) in [4.78, 5) is 8.74. The Hall–Kier alpha value is -3.52. The number of rotatable bonds is 8. The Kier molecular flexibility index (Phi) is 7.45. The van der Waals surface area contributed by atoms with E-state index in [-0.39, 0.29) is 18.1 Å². The lowest BCUT2D eigenvalue weighted by Crippen LogP contribution is -2.53. The van der Waals surface area contributed by atoms with Crippen LogP contribution in [0.3, 0.4) is 0 Å². The fraction of sp³-hybridized carbons (Fsp3) is 0.394. The number of fused-ring (bicyclic) bond motifs is 4. The van der Waals surface area contributed by atoms with Crippen molar-refractivity contribution in [2.45, 2.75) is 37.4 Å². The molecule has 1 spiro atoms. The van der Waals surface area contributed by atoms with E-state index < -0.39 is 0 Å². The second-order valence-electron chi connectivity index (χ2n) is 11.1. The SMILES string of the molecule is COc1ccc(CN2CC3(CCN(Cc4ccccc4OC)CC3)c3c([nH]c4cc(OC)ccc34)[C@@H]2CO)cc1. The van der Waals surface area contributed by atoms with Crippen LogP contribution in [-0.2, 0) is 18.5 Å². The first-order valence-electron chi connectivity index (χ1n) is 14.1. The Labute approximate surface area is 236 Å². The number of ether oxygens (including phenoxy) is 3. The number of methoxy groups -OCH3 is 3. The van der Waals surface area contributed by atoms with Crippen LogP contribution in [0.4, 0.5) is 0 Å². The van der Waals surface area contributed by atoms with E-state index in [0.29, 0.717) is 0 Å². The summed E-state index contributed by atoms with van der Waals surface area (Å²) in [6.07, 6.45) is 2.09. The molecule has 0 bridgehead atoms. The second kappa shape index (κ2) is 11.2. The maximum Gasteiger partial charge on any atom is 0.123 e. The topological polar surface area (TPSA) is 70.2 Å². The average Bonchev–Trinajstić information content (AvgIpc) is 3.38. The molecule has 210 valence electrons. The van der Waals surface area contributed by atoms with Crippen LogP contribution in [-0.4, -0.2) is 67.5 Å². The summed E-state index contributed by atoms with van der Waals surface area (Å²) in [5.41, 5.74) is 6.02. The minimum atomic E-state index is -0.104. The van der Waals surface area contributed by atoms with Gasteiger partial charge in [-0.25, -0.2) is 0 Å². The number of nitrogens with zero attached hydrogens (tertiary/aromatic N) is 2. The van der Waals surface area contributed by atoms with Crippen LogP contribution >= 0.6 is 0 Å². The zero-order valence-corrected chi connectivity index (χ0v) is 23.7. The number of para-hydroxylation sites is 1. The number of aliphatic hydroxyl groups is 1. The lowest BCUT2D eigenvalue weighted by atomic mass is 9.68. The highest BCUT2D eigenvalue weighted by Crippen LogP contribution is 2.49. The summed E-state index contributed by atoms with van der Waals surface area (Å²) in [5.74, 6) is 2.64. The summed E-state index contributed by atoms with van der Waals surface area (Å²) in [5, 5.41) is 12.0. The van der Waals surface area contributed by atoms with Crippen LogP contribution < -0.4 is 14.2 Å². The molecule has 3 heterocycles. The van der Waals surface area contributed by atoms with E-state index in [1.807, 2.05) is 24.3 Å². The van der Waals surface area contributed by atoms with Gasteiger partial charge in [-0.05, 0) is 67.4 Å². The normalized spacial score (nSPS) is 19.1. The molecule has 0 aliphatic carbocycles. The molecule has 0 amide bonds. The first kappa shape index (κ1) is 26.7. The van der Waals surface area contributed by atoms with Gasteiger partial charge in [0, 0.05) is 53.3 Å². The van der Waals surface area contributed by atoms with Gasteiger partial charge in [0.1, 0.15) is 17.2 Å². The van der Waals surface area contributed by atoms with Crippen molar-refractivity contribution in [3.8, 4) is 17.2 Å². The molecule has 4 aromatic rings. The third kappa shape index (κ3) is 4.83. The van der Waals surface area contributed by atoms with Crippen LogP contribution in [0.2, 0.25) is 0 Å². The Balaban J connectivity index is 1.35. The maximum atomic E-state index is 10.7. The molecule has 0 unspecified atom stereocenters. The fourth-order valence-electron chi connectivity index (χ4n) is 6.87. The van der Waals surface area contributed by atoms with Gasteiger partial charge in [0.15, 0.2) is 0 Å². The van der Waals surface area contributed by atoms with E-state index in [2.05, 4.69) is 57.2 Å². The standard InChI is InChI=1S/C33H39N3O4/c1-38-25-10-8-23(9-11-25)19-36-22-33(14-16-35(17-15-33)20-24-6-4-5-7-30(24)40-3)31-27-13-12-26(39-2)18-28(27)34-32(31)29(36)21-37/h4-13,18,29,34,37H,14-17,19-22H2,1-3H3/t29-/m0/s1. The molecule has 2 N–H and O–H groups in total. The van der Waals surface area contributed by atoms with Crippen molar-refractivity contribution in [1.82, 2.24) is 14.8 Å². The quantitative estimate of drug-likeness (QED) is 0.317. The number of hydrogen-bond donors (Lipinski definition) is 2. The molecule has 1 aromatic heterocycles. The highest BCUT2D eigenvalue weighted by Gasteiger charge is 2.47. The third-order valence-corrected chi connectivity index (χ3v) is 8.96. The molecular formula is C33H39N3O4. The van der Waals surface area contributed by atoms with Crippen LogP contribution in [0.1, 0.15) is 41.3 Å². The van der Waals surface area contributed by atoms with E-state index in [4.69, 9.17) is 14.2 Å². The molecule has 0 radical (unpaired) electrons. The molecule has 1 atom stereocenters. The van der Waals surface area contributed by atoms with Gasteiger partial charge < -0.3 is 24.3 Å². The summed E-state index contributed by atoms with van der Waals surface area (Å²) in [7, 11) is 5.14. The van der Waals surface area contributed by atoms with E-state index in [0.717, 1.165) is 74.0 Å². The van der Waals surface area contributed by atoms with Crippen LogP contribution in [0.25, 0.3) is 10.9 Å². The van der Waals surface area contributed by atoms with Crippen LogP contribution in [0, 0.1) is 0 Å². The van der Waals surface area contributed by atoms with Gasteiger partial charge in [-0.2, -0.15) is 0 Å². The van der Waals surface area contributed by atoms with Crippen LogP contribution in [0.5, 0.6) is 17.2 Å². The smallest absolute Gasteiger partial charge is 0.123 e. The molecule has 2 aliphatic rings. The highest BCUT2D eigenvalue weighted by molar-refractivity contribution is 5.87. The molecule has 1 fully saturated rings. The molecule has 3 aromatic carbocycles. The maximum absolute atomic E-state index is 10.7. The fourth-order valence-corrected chi connectivity index (χ4v) is 6.87. The van der Waals surface area contributed by atoms with Gasteiger partial charge >= 0.3 is 0 Å². The van der Waals surface area contributed by atoms with Crippen molar-refractivity contribution in [2.24, 2.45) is 0 Å². The minimum absolute atomic E-state index is 0.0163. The van der Waals surface area contributed by atoms with Crippen molar-refractivity contribution in [1.29, 1.82) is 0 Å². The molecule has 0 saturated carbocycles. The monoisotopic (exact) mass is 541 g/mol. The molecule has 1 saturated heterocycles. The minimum Gasteiger partial charge on any atom is -0.497 e. The second-order valence-corrected chi connectivity index (χ2v) is 11.1. The first-order valence-corrected chi connectivity index (χ1v) is 14.1. The average molecular weight is 542 g/mol. The van der Waals surface area contributed by atoms with Crippen LogP contribution in [0.15, 0.2) is 66.7 Å². The zero-order valence-electron chi connectivity index (χ0n) is 23.7. The number of nitrogens with one attached hydrogen (secondary N) is 1. The van der Waals surface area contributed by atoms with Crippen molar-refractivity contribution < 1.29 is 19.3 Å². The summed E-state index contributed by atoms with van der Waals surface area (Å²) >= 11 is 0. The Bertz CT molecular complexity index is 1460. The zero-order chi connectivity index (χ0) is 27.7. The van der Waals surface area contributed by atoms with Gasteiger partial charge in [-0.3, -0.25) is 9.80 Å². The van der Waals surface area contributed by atoms with Gasteiger partial charge in [0.2, 0.25) is 0 Å². The third-order valence-electron chi connectivity index (χ3n) is 8.96. The number of hydrogen-bond acceptors (Lipinski definition) is 6. The number of piperidine rings is 1. The summed E-state index contributed by atoms with van der Waals surface area (Å²) < 4.78 is 16.6. The van der Waals surface area contributed by atoms with E-state index in [9.17, 15) is 5.11 Å². The van der Waals surface area contributed by atoms with E-state index in [1.54, 1.807) is 21.3 Å². The summed E-state index contributed by atoms with van der Waals surface area (Å²) in [6.45, 7) is 4.61. The number of aromatic amines is 1. The number of benzene rings is 3. The van der Waals surface area contributed by atoms with Crippen molar-refractivity contribution in [3.63, 3.8) is 0 Å². The first-order chi connectivity index (χ1) is 19.6. The molecule has 7 heteroatoms. The molecular weight excluding hydrogens is 502 g/mol.